The average Bonchev–Trinajstić information content (AvgIpc) is 2.57. The molecule has 2 aromatic carbocycles. The van der Waals surface area contributed by atoms with Crippen molar-refractivity contribution in [2.75, 3.05) is 0 Å². The maximum atomic E-state index is 12.4. The molecular weight excluding hydrogens is 334 g/mol. The van der Waals surface area contributed by atoms with E-state index < -0.39 is 10.5 Å². The first-order valence-corrected chi connectivity index (χ1v) is 7.26. The summed E-state index contributed by atoms with van der Waals surface area (Å²) in [6.45, 7) is -0.180. The molecule has 3 rings (SSSR count). The highest BCUT2D eigenvalue weighted by Crippen LogP contribution is 2.16. The fraction of sp³-hybridized carbons (Fsp3) is 0.0625. The molecule has 3 aromatic rings. The lowest BCUT2D eigenvalue weighted by atomic mass is 10.1. The maximum Gasteiger partial charge on any atom is 0.271 e. The Bertz CT molecular complexity index is 1010. The van der Waals surface area contributed by atoms with Gasteiger partial charge in [-0.3, -0.25) is 24.3 Å². The molecule has 0 amide bonds. The lowest BCUT2D eigenvalue weighted by Gasteiger charge is -2.06. The van der Waals surface area contributed by atoms with Crippen LogP contribution in [-0.2, 0) is 6.54 Å². The number of nitro groups is 1. The number of hydrogen-bond acceptors (Lipinski definition) is 5. The second kappa shape index (κ2) is 6.21. The summed E-state index contributed by atoms with van der Waals surface area (Å²) in [4.78, 5) is 38.9. The molecule has 0 saturated heterocycles. The van der Waals surface area contributed by atoms with E-state index in [1.54, 1.807) is 24.3 Å². The van der Waals surface area contributed by atoms with Gasteiger partial charge in [-0.05, 0) is 30.3 Å². The SMILES string of the molecule is O=C(Cn1cnc2cc([N+](=O)[O-])ccc2c1=O)c1ccc(Cl)cc1. The molecule has 0 fully saturated rings. The fourth-order valence-corrected chi connectivity index (χ4v) is 2.38. The molecule has 1 aromatic heterocycles. The minimum Gasteiger partial charge on any atom is -0.292 e. The van der Waals surface area contributed by atoms with Crippen LogP contribution in [0.15, 0.2) is 53.6 Å². The van der Waals surface area contributed by atoms with Gasteiger partial charge in [-0.2, -0.15) is 0 Å². The Balaban J connectivity index is 1.95. The number of aromatic nitrogens is 2. The van der Waals surface area contributed by atoms with Crippen molar-refractivity contribution in [3.8, 4) is 0 Å². The van der Waals surface area contributed by atoms with Gasteiger partial charge in [0.15, 0.2) is 5.78 Å². The van der Waals surface area contributed by atoms with Gasteiger partial charge in [0.05, 0.1) is 28.7 Å². The monoisotopic (exact) mass is 343 g/mol. The Kier molecular flexibility index (Phi) is 4.09. The highest BCUT2D eigenvalue weighted by Gasteiger charge is 2.13. The number of carbonyl (C=O) groups is 1. The van der Waals surface area contributed by atoms with Crippen molar-refractivity contribution in [3.63, 3.8) is 0 Å². The molecule has 0 aliphatic heterocycles. The van der Waals surface area contributed by atoms with Crippen LogP contribution in [0.25, 0.3) is 10.9 Å². The van der Waals surface area contributed by atoms with Gasteiger partial charge >= 0.3 is 0 Å². The number of nitro benzene ring substituents is 1. The number of fused-ring (bicyclic) bond motifs is 1. The third-order valence-corrected chi connectivity index (χ3v) is 3.75. The molecule has 8 heteroatoms. The van der Waals surface area contributed by atoms with E-state index in [4.69, 9.17) is 11.6 Å². The van der Waals surface area contributed by atoms with Crippen molar-refractivity contribution in [3.05, 3.63) is 79.8 Å². The van der Waals surface area contributed by atoms with Crippen molar-refractivity contribution in [2.45, 2.75) is 6.54 Å². The summed E-state index contributed by atoms with van der Waals surface area (Å²) >= 11 is 5.78. The molecular formula is C16H10ClN3O4. The lowest BCUT2D eigenvalue weighted by Crippen LogP contribution is -2.24. The zero-order valence-electron chi connectivity index (χ0n) is 12.2. The molecule has 0 N–H and O–H groups in total. The van der Waals surface area contributed by atoms with Gasteiger partial charge in [-0.25, -0.2) is 4.98 Å². The lowest BCUT2D eigenvalue weighted by molar-refractivity contribution is -0.384. The number of benzene rings is 2. The molecule has 0 radical (unpaired) electrons. The third kappa shape index (κ3) is 3.02. The molecule has 0 saturated carbocycles. The number of carbonyl (C=O) groups excluding carboxylic acids is 1. The summed E-state index contributed by atoms with van der Waals surface area (Å²) < 4.78 is 1.17. The summed E-state index contributed by atoms with van der Waals surface area (Å²) in [5, 5.41) is 11.5. The van der Waals surface area contributed by atoms with Crippen molar-refractivity contribution in [2.24, 2.45) is 0 Å². The Morgan fingerprint density at radius 3 is 2.58 bits per heavy atom. The Hall–Kier alpha value is -3.06. The normalized spacial score (nSPS) is 10.7. The first-order chi connectivity index (χ1) is 11.5. The molecule has 24 heavy (non-hydrogen) atoms. The third-order valence-electron chi connectivity index (χ3n) is 3.50. The Morgan fingerprint density at radius 2 is 1.92 bits per heavy atom. The molecule has 0 aliphatic carbocycles. The Labute approximate surface area is 140 Å². The fourth-order valence-electron chi connectivity index (χ4n) is 2.25. The van der Waals surface area contributed by atoms with Crippen molar-refractivity contribution in [1.29, 1.82) is 0 Å². The summed E-state index contributed by atoms with van der Waals surface area (Å²) in [6.07, 6.45) is 1.21. The van der Waals surface area contributed by atoms with Gasteiger partial charge in [-0.15, -0.1) is 0 Å². The van der Waals surface area contributed by atoms with E-state index in [2.05, 4.69) is 4.98 Å². The van der Waals surface area contributed by atoms with Crippen LogP contribution < -0.4 is 5.56 Å². The molecule has 0 spiro atoms. The largest absolute Gasteiger partial charge is 0.292 e. The van der Waals surface area contributed by atoms with Crippen LogP contribution in [0, 0.1) is 10.1 Å². The summed E-state index contributed by atoms with van der Waals surface area (Å²) in [5.74, 6) is -0.267. The molecule has 0 aliphatic rings. The van der Waals surface area contributed by atoms with E-state index >= 15 is 0 Å². The molecule has 120 valence electrons. The van der Waals surface area contributed by atoms with Crippen LogP contribution in [0.4, 0.5) is 5.69 Å². The smallest absolute Gasteiger partial charge is 0.271 e. The van der Waals surface area contributed by atoms with E-state index in [9.17, 15) is 19.7 Å². The predicted octanol–water partition coefficient (Wildman–Crippen LogP) is 2.84. The van der Waals surface area contributed by atoms with E-state index in [1.807, 2.05) is 0 Å². The zero-order chi connectivity index (χ0) is 17.3. The highest BCUT2D eigenvalue weighted by molar-refractivity contribution is 6.30. The van der Waals surface area contributed by atoms with Crippen LogP contribution in [0.3, 0.4) is 0 Å². The van der Waals surface area contributed by atoms with E-state index in [-0.39, 0.29) is 28.9 Å². The molecule has 1 heterocycles. The van der Waals surface area contributed by atoms with Crippen LogP contribution in [0.2, 0.25) is 5.02 Å². The molecule has 0 atom stereocenters. The predicted molar refractivity (Wildman–Crippen MR) is 88.4 cm³/mol. The van der Waals surface area contributed by atoms with E-state index in [1.165, 1.54) is 29.1 Å². The zero-order valence-corrected chi connectivity index (χ0v) is 12.9. The van der Waals surface area contributed by atoms with Gasteiger partial charge in [0.2, 0.25) is 0 Å². The number of hydrogen-bond donors (Lipinski definition) is 0. The molecule has 7 nitrogen and oxygen atoms in total. The number of nitrogens with zero attached hydrogens (tertiary/aromatic N) is 3. The van der Waals surface area contributed by atoms with Gasteiger partial charge in [0.1, 0.15) is 0 Å². The van der Waals surface area contributed by atoms with Crippen molar-refractivity contribution < 1.29 is 9.72 Å². The number of non-ortho nitro benzene ring substituents is 1. The first-order valence-electron chi connectivity index (χ1n) is 6.88. The quantitative estimate of drug-likeness (QED) is 0.412. The topological polar surface area (TPSA) is 95.1 Å². The minimum absolute atomic E-state index is 0.149. The highest BCUT2D eigenvalue weighted by atomic mass is 35.5. The van der Waals surface area contributed by atoms with Gasteiger partial charge in [0, 0.05) is 22.7 Å². The number of Topliss-reactive ketones (excluding diaryl/α,β-unsaturated/α-hetero) is 1. The number of rotatable bonds is 4. The number of ketones is 1. The molecule has 0 bridgehead atoms. The van der Waals surface area contributed by atoms with Crippen molar-refractivity contribution >= 4 is 34.0 Å². The van der Waals surface area contributed by atoms with Crippen LogP contribution >= 0.6 is 11.6 Å². The second-order valence-corrected chi connectivity index (χ2v) is 5.50. The number of halogens is 1. The molecule has 0 unspecified atom stereocenters. The minimum atomic E-state index is -0.559. The van der Waals surface area contributed by atoms with Gasteiger partial charge in [-0.1, -0.05) is 11.6 Å². The Morgan fingerprint density at radius 1 is 1.21 bits per heavy atom. The maximum absolute atomic E-state index is 12.4. The van der Waals surface area contributed by atoms with Crippen LogP contribution in [0.1, 0.15) is 10.4 Å². The second-order valence-electron chi connectivity index (χ2n) is 5.07. The average molecular weight is 344 g/mol. The summed E-state index contributed by atoms with van der Waals surface area (Å²) in [6, 6.07) is 10.1. The van der Waals surface area contributed by atoms with E-state index in [0.29, 0.717) is 10.6 Å². The summed E-state index contributed by atoms with van der Waals surface area (Å²) in [7, 11) is 0. The van der Waals surface area contributed by atoms with E-state index in [0.717, 1.165) is 0 Å². The van der Waals surface area contributed by atoms with Crippen LogP contribution in [-0.4, -0.2) is 20.3 Å². The van der Waals surface area contributed by atoms with Gasteiger partial charge < -0.3 is 0 Å². The van der Waals surface area contributed by atoms with Crippen molar-refractivity contribution in [1.82, 2.24) is 9.55 Å². The van der Waals surface area contributed by atoms with Crippen LogP contribution in [0.5, 0.6) is 0 Å². The summed E-state index contributed by atoms with van der Waals surface area (Å²) in [5.41, 5.74) is 0.0566. The van der Waals surface area contributed by atoms with Gasteiger partial charge in [0.25, 0.3) is 11.2 Å². The first kappa shape index (κ1) is 15.8. The standard InChI is InChI=1S/C16H10ClN3O4/c17-11-3-1-10(2-4-11)15(21)8-19-9-18-14-7-12(20(23)24)5-6-13(14)16(19)22/h1-7,9H,8H2.